The second-order valence-electron chi connectivity index (χ2n) is 6.25. The Hall–Kier alpha value is -1.91. The Morgan fingerprint density at radius 1 is 0.679 bits per heavy atom. The summed E-state index contributed by atoms with van der Waals surface area (Å²) in [5.74, 6) is 0. The van der Waals surface area contributed by atoms with E-state index in [0.29, 0.717) is 0 Å². The standard InChI is InChI=1S/C10H10.C8H19Si.C8H8.H4Si/c1-3-9-5-7-10(4-2)8-6-9;1-4-7-8-9(5-2)6-3;1-2-8-6-4-3-5-7-8;/h3-8H,1-2H2;4-8H2,1-3H3;2-7H,1H2;1H4. The van der Waals surface area contributed by atoms with Gasteiger partial charge in [-0.05, 0) is 27.7 Å². The van der Waals surface area contributed by atoms with Crippen LogP contribution in [0.25, 0.3) is 18.2 Å². The van der Waals surface area contributed by atoms with Crippen molar-refractivity contribution in [3.8, 4) is 0 Å². The molecular weight excluding hydrogens is 368 g/mol. The van der Waals surface area contributed by atoms with Crippen LogP contribution >= 0.6 is 0 Å². The molecule has 0 spiro atoms. The minimum Gasteiger partial charge on any atom is -0.0985 e. The van der Waals surface area contributed by atoms with Gasteiger partial charge in [0.15, 0.2) is 0 Å². The van der Waals surface area contributed by atoms with E-state index < -0.39 is 0 Å². The van der Waals surface area contributed by atoms with Crippen LogP contribution in [0.2, 0.25) is 18.1 Å². The predicted octanol–water partition coefficient (Wildman–Crippen LogP) is 7.17. The summed E-state index contributed by atoms with van der Waals surface area (Å²) in [5.41, 5.74) is 3.46. The molecule has 0 N–H and O–H groups in total. The van der Waals surface area contributed by atoms with Gasteiger partial charge in [0.25, 0.3) is 0 Å². The summed E-state index contributed by atoms with van der Waals surface area (Å²) in [6.07, 6.45) is 8.34. The van der Waals surface area contributed by atoms with E-state index in [1.165, 1.54) is 30.5 Å². The van der Waals surface area contributed by atoms with Crippen LogP contribution in [0.5, 0.6) is 0 Å². The number of unbranched alkanes of at least 4 members (excludes halogenated alkanes) is 1. The van der Waals surface area contributed by atoms with Crippen LogP contribution in [0, 0.1) is 0 Å². The Morgan fingerprint density at radius 2 is 1.07 bits per heavy atom. The minimum atomic E-state index is 0. The summed E-state index contributed by atoms with van der Waals surface area (Å²) in [7, 11) is 0.114. The number of benzene rings is 2. The lowest BCUT2D eigenvalue weighted by molar-refractivity contribution is 0.868. The SMILES string of the molecule is C=Cc1ccc(C=C)cc1.C=Cc1ccccc1.CCCC[Si](CC)CC.[SiH4]. The van der Waals surface area contributed by atoms with Crippen LogP contribution in [-0.2, 0) is 0 Å². The van der Waals surface area contributed by atoms with Crippen molar-refractivity contribution in [2.24, 2.45) is 0 Å². The molecule has 2 rings (SSSR count). The van der Waals surface area contributed by atoms with Gasteiger partial charge < -0.3 is 0 Å². The van der Waals surface area contributed by atoms with Crippen molar-refractivity contribution in [3.05, 3.63) is 91.0 Å². The van der Waals surface area contributed by atoms with E-state index in [9.17, 15) is 0 Å². The summed E-state index contributed by atoms with van der Waals surface area (Å²) in [6, 6.07) is 22.6. The average molecular weight is 410 g/mol. The molecule has 2 aromatic carbocycles. The fourth-order valence-corrected chi connectivity index (χ4v) is 4.45. The topological polar surface area (TPSA) is 0 Å². The summed E-state index contributed by atoms with van der Waals surface area (Å²) in [5, 5.41) is 0. The highest BCUT2D eigenvalue weighted by Crippen LogP contribution is 2.08. The van der Waals surface area contributed by atoms with Gasteiger partial charge in [0.1, 0.15) is 0 Å². The lowest BCUT2D eigenvalue weighted by atomic mass is 10.1. The summed E-state index contributed by atoms with van der Waals surface area (Å²) in [4.78, 5) is 0. The first-order valence-corrected chi connectivity index (χ1v) is 12.1. The molecule has 0 saturated carbocycles. The van der Waals surface area contributed by atoms with Crippen molar-refractivity contribution in [1.82, 2.24) is 0 Å². The molecule has 1 radical (unpaired) electrons. The van der Waals surface area contributed by atoms with Gasteiger partial charge >= 0.3 is 0 Å². The van der Waals surface area contributed by atoms with E-state index in [1.807, 2.05) is 72.8 Å². The molecule has 0 amide bonds. The van der Waals surface area contributed by atoms with Gasteiger partial charge in [0.2, 0.25) is 0 Å². The third-order valence-electron chi connectivity index (χ3n) is 4.33. The molecule has 0 nitrogen and oxygen atoms in total. The minimum absolute atomic E-state index is 0. The molecule has 0 atom stereocenters. The van der Waals surface area contributed by atoms with Gasteiger partial charge in [0.05, 0.1) is 0 Å². The van der Waals surface area contributed by atoms with Crippen LogP contribution in [0.4, 0.5) is 0 Å². The molecule has 2 aromatic rings. The highest BCUT2D eigenvalue weighted by molar-refractivity contribution is 6.58. The van der Waals surface area contributed by atoms with E-state index in [2.05, 4.69) is 40.5 Å². The molecule has 0 unspecified atom stereocenters. The molecule has 0 aliphatic heterocycles. The molecule has 2 heteroatoms. The van der Waals surface area contributed by atoms with Gasteiger partial charge in [-0.25, -0.2) is 0 Å². The maximum absolute atomic E-state index is 3.66. The molecule has 28 heavy (non-hydrogen) atoms. The van der Waals surface area contributed by atoms with E-state index in [4.69, 9.17) is 0 Å². The van der Waals surface area contributed by atoms with Crippen LogP contribution in [0.15, 0.2) is 74.3 Å². The van der Waals surface area contributed by atoms with E-state index in [-0.39, 0.29) is 19.8 Å². The Morgan fingerprint density at radius 3 is 1.36 bits per heavy atom. The smallest absolute Gasteiger partial charge is 0.0473 e. The molecule has 0 aliphatic rings. The molecule has 0 fully saturated rings. The van der Waals surface area contributed by atoms with Crippen LogP contribution in [0.1, 0.15) is 50.3 Å². The zero-order valence-electron chi connectivity index (χ0n) is 17.6. The van der Waals surface area contributed by atoms with E-state index in [1.54, 1.807) is 6.04 Å². The second-order valence-corrected chi connectivity index (χ2v) is 9.66. The average Bonchev–Trinajstić information content (AvgIpc) is 2.76. The Bertz CT molecular complexity index is 584. The lowest BCUT2D eigenvalue weighted by Gasteiger charge is -2.07. The molecule has 0 aliphatic carbocycles. The third-order valence-corrected chi connectivity index (χ3v) is 7.39. The van der Waals surface area contributed by atoms with Crippen LogP contribution in [0.3, 0.4) is 0 Å². The maximum atomic E-state index is 3.66. The quantitative estimate of drug-likeness (QED) is 0.405. The second kappa shape index (κ2) is 19.8. The van der Waals surface area contributed by atoms with Crippen molar-refractivity contribution in [2.45, 2.75) is 51.7 Å². The van der Waals surface area contributed by atoms with Gasteiger partial charge in [-0.3, -0.25) is 0 Å². The van der Waals surface area contributed by atoms with Gasteiger partial charge in [-0.1, -0.05) is 144 Å². The third kappa shape index (κ3) is 14.2. The van der Waals surface area contributed by atoms with E-state index >= 15 is 0 Å². The van der Waals surface area contributed by atoms with Crippen LogP contribution < -0.4 is 0 Å². The highest BCUT2D eigenvalue weighted by atomic mass is 28.3. The van der Waals surface area contributed by atoms with Crippen molar-refractivity contribution >= 4 is 38.0 Å². The van der Waals surface area contributed by atoms with Crippen LogP contribution in [-0.4, -0.2) is 19.8 Å². The van der Waals surface area contributed by atoms with Crippen molar-refractivity contribution in [3.63, 3.8) is 0 Å². The molecule has 0 bridgehead atoms. The number of hydrogen-bond acceptors (Lipinski definition) is 0. The van der Waals surface area contributed by atoms with Gasteiger partial charge in [-0.2, -0.15) is 0 Å². The summed E-state index contributed by atoms with van der Waals surface area (Å²) >= 11 is 0. The lowest BCUT2D eigenvalue weighted by Crippen LogP contribution is -2.07. The molecular formula is C26H41Si2. The molecule has 0 saturated heterocycles. The fourth-order valence-electron chi connectivity index (χ4n) is 2.39. The van der Waals surface area contributed by atoms with Gasteiger partial charge in [-0.15, -0.1) is 0 Å². The first-order valence-electron chi connectivity index (χ1n) is 10.0. The largest absolute Gasteiger partial charge is 0.0985 e. The van der Waals surface area contributed by atoms with Gasteiger partial charge in [0, 0.05) is 8.80 Å². The Labute approximate surface area is 180 Å². The zero-order valence-corrected chi connectivity index (χ0v) is 18.6. The fraction of sp³-hybridized carbons (Fsp3) is 0.308. The van der Waals surface area contributed by atoms with Crippen molar-refractivity contribution < 1.29 is 0 Å². The number of rotatable bonds is 8. The predicted molar refractivity (Wildman–Crippen MR) is 141 cm³/mol. The first-order chi connectivity index (χ1) is 13.1. The molecule has 0 heterocycles. The maximum Gasteiger partial charge on any atom is 0.0473 e. The molecule has 0 aromatic heterocycles. The van der Waals surface area contributed by atoms with E-state index in [0.717, 1.165) is 11.1 Å². The first kappa shape index (κ1) is 28.3. The monoisotopic (exact) mass is 409 g/mol. The molecule has 153 valence electrons. The Balaban J connectivity index is 0. The summed E-state index contributed by atoms with van der Waals surface area (Å²) in [6.45, 7) is 17.9. The van der Waals surface area contributed by atoms with Crippen molar-refractivity contribution in [2.75, 3.05) is 0 Å². The highest BCUT2D eigenvalue weighted by Gasteiger charge is 2.02. The zero-order chi connectivity index (χ0) is 20.3. The normalized spacial score (nSPS) is 9.00. The van der Waals surface area contributed by atoms with Crippen molar-refractivity contribution in [1.29, 1.82) is 0 Å². The Kier molecular flexibility index (Phi) is 20.1. The summed E-state index contributed by atoms with van der Waals surface area (Å²) < 4.78 is 0. The number of hydrogen-bond donors (Lipinski definition) is 0.